The van der Waals surface area contributed by atoms with E-state index in [0.29, 0.717) is 5.56 Å². The van der Waals surface area contributed by atoms with Crippen LogP contribution in [0.5, 0.6) is 0 Å². The van der Waals surface area contributed by atoms with E-state index < -0.39 is 0 Å². The van der Waals surface area contributed by atoms with Gasteiger partial charge in [-0.2, -0.15) is 5.26 Å². The number of rotatable bonds is 3. The van der Waals surface area contributed by atoms with Crippen LogP contribution in [-0.4, -0.2) is 22.0 Å². The van der Waals surface area contributed by atoms with E-state index in [2.05, 4.69) is 21.7 Å². The molecule has 0 amide bonds. The number of aryl methyl sites for hydroxylation is 1. The fourth-order valence-corrected chi connectivity index (χ4v) is 2.01. The van der Waals surface area contributed by atoms with Crippen LogP contribution in [0.25, 0.3) is 5.69 Å². The van der Waals surface area contributed by atoms with E-state index in [1.807, 2.05) is 46.0 Å². The predicted molar refractivity (Wildman–Crippen MR) is 73.0 cm³/mol. The molecule has 0 bridgehead atoms. The fourth-order valence-electron chi connectivity index (χ4n) is 2.01. The molecule has 2 aromatic rings. The van der Waals surface area contributed by atoms with Gasteiger partial charge < -0.3 is 5.32 Å². The largest absolute Gasteiger partial charge is 0.312 e. The third-order valence-electron chi connectivity index (χ3n) is 3.34. The lowest BCUT2D eigenvalue weighted by Crippen LogP contribution is -2.14. The molecule has 98 valence electrons. The van der Waals surface area contributed by atoms with Crippen molar-refractivity contribution in [2.75, 3.05) is 7.05 Å². The molecule has 1 aromatic carbocycles. The van der Waals surface area contributed by atoms with E-state index >= 15 is 0 Å². The molecule has 0 radical (unpaired) electrons. The van der Waals surface area contributed by atoms with Crippen molar-refractivity contribution in [2.45, 2.75) is 26.8 Å². The zero-order valence-corrected chi connectivity index (χ0v) is 11.6. The van der Waals surface area contributed by atoms with Crippen LogP contribution in [-0.2, 0) is 0 Å². The van der Waals surface area contributed by atoms with Gasteiger partial charge in [-0.1, -0.05) is 11.3 Å². The van der Waals surface area contributed by atoms with Crippen LogP contribution in [0.3, 0.4) is 0 Å². The maximum atomic E-state index is 9.00. The van der Waals surface area contributed by atoms with Crippen molar-refractivity contribution in [3.63, 3.8) is 0 Å². The van der Waals surface area contributed by atoms with Crippen molar-refractivity contribution in [3.05, 3.63) is 40.7 Å². The van der Waals surface area contributed by atoms with Gasteiger partial charge in [-0.15, -0.1) is 5.10 Å². The van der Waals surface area contributed by atoms with E-state index in [-0.39, 0.29) is 6.04 Å². The van der Waals surface area contributed by atoms with Crippen LogP contribution in [0.1, 0.15) is 35.5 Å². The van der Waals surface area contributed by atoms with Gasteiger partial charge in [-0.3, -0.25) is 0 Å². The Bertz CT molecular complexity index is 636. The maximum absolute atomic E-state index is 9.00. The monoisotopic (exact) mass is 255 g/mol. The molecule has 2 rings (SSSR count). The van der Waals surface area contributed by atoms with Gasteiger partial charge in [0.1, 0.15) is 5.69 Å². The summed E-state index contributed by atoms with van der Waals surface area (Å²) in [6.45, 7) is 6.03. The third kappa shape index (κ3) is 2.35. The molecule has 1 aromatic heterocycles. The first-order chi connectivity index (χ1) is 9.08. The van der Waals surface area contributed by atoms with E-state index in [4.69, 9.17) is 5.26 Å². The summed E-state index contributed by atoms with van der Waals surface area (Å²) in [5.41, 5.74) is 4.50. The second-order valence-electron chi connectivity index (χ2n) is 4.60. The maximum Gasteiger partial charge on any atom is 0.103 e. The molecular weight excluding hydrogens is 238 g/mol. The molecular formula is C14H17N5. The summed E-state index contributed by atoms with van der Waals surface area (Å²) in [4.78, 5) is 0. The number of nitriles is 1. The standard InChI is InChI=1S/C14H17N5/c1-9-5-6-12(8-15)7-13(9)19-11(3)14(17-18-19)10(2)16-4/h5-7,10,16H,1-4H3. The second kappa shape index (κ2) is 5.21. The molecule has 1 N–H and O–H groups in total. The van der Waals surface area contributed by atoms with Gasteiger partial charge in [0.2, 0.25) is 0 Å². The lowest BCUT2D eigenvalue weighted by Gasteiger charge is -2.10. The first kappa shape index (κ1) is 13.2. The Morgan fingerprint density at radius 3 is 2.74 bits per heavy atom. The average Bonchev–Trinajstić information content (AvgIpc) is 2.80. The minimum Gasteiger partial charge on any atom is -0.312 e. The van der Waals surface area contributed by atoms with Gasteiger partial charge in [0.05, 0.1) is 29.1 Å². The molecule has 0 aliphatic heterocycles. The first-order valence-corrected chi connectivity index (χ1v) is 6.19. The molecule has 1 heterocycles. The van der Waals surface area contributed by atoms with E-state index in [0.717, 1.165) is 22.6 Å². The number of nitrogens with one attached hydrogen (secondary N) is 1. The smallest absolute Gasteiger partial charge is 0.103 e. The van der Waals surface area contributed by atoms with Crippen LogP contribution >= 0.6 is 0 Å². The summed E-state index contributed by atoms with van der Waals surface area (Å²) in [7, 11) is 1.89. The quantitative estimate of drug-likeness (QED) is 0.911. The van der Waals surface area contributed by atoms with Gasteiger partial charge in [-0.05, 0) is 45.5 Å². The fraction of sp³-hybridized carbons (Fsp3) is 0.357. The first-order valence-electron chi connectivity index (χ1n) is 6.19. The predicted octanol–water partition coefficient (Wildman–Crippen LogP) is 2.04. The Balaban J connectivity index is 2.54. The zero-order valence-electron chi connectivity index (χ0n) is 11.6. The lowest BCUT2D eigenvalue weighted by atomic mass is 10.1. The minimum atomic E-state index is 0.146. The van der Waals surface area contributed by atoms with Crippen molar-refractivity contribution in [1.82, 2.24) is 20.3 Å². The number of hydrogen-bond acceptors (Lipinski definition) is 4. The molecule has 0 aliphatic rings. The topological polar surface area (TPSA) is 66.5 Å². The van der Waals surface area contributed by atoms with Crippen LogP contribution in [0.15, 0.2) is 18.2 Å². The molecule has 0 spiro atoms. The summed E-state index contributed by atoms with van der Waals surface area (Å²) < 4.78 is 1.79. The Hall–Kier alpha value is -2.19. The Morgan fingerprint density at radius 2 is 2.11 bits per heavy atom. The Morgan fingerprint density at radius 1 is 1.37 bits per heavy atom. The molecule has 1 atom stereocenters. The number of nitrogens with zero attached hydrogens (tertiary/aromatic N) is 4. The van der Waals surface area contributed by atoms with Gasteiger partial charge >= 0.3 is 0 Å². The molecule has 0 saturated carbocycles. The summed E-state index contributed by atoms with van der Waals surface area (Å²) in [6, 6.07) is 7.87. The van der Waals surface area contributed by atoms with Gasteiger partial charge in [0, 0.05) is 0 Å². The molecule has 0 aliphatic carbocycles. The average molecular weight is 255 g/mol. The molecule has 0 saturated heterocycles. The summed E-state index contributed by atoms with van der Waals surface area (Å²) >= 11 is 0. The number of aromatic nitrogens is 3. The van der Waals surface area contributed by atoms with Crippen LogP contribution in [0, 0.1) is 25.2 Å². The molecule has 19 heavy (non-hydrogen) atoms. The van der Waals surface area contributed by atoms with Gasteiger partial charge in [-0.25, -0.2) is 4.68 Å². The van der Waals surface area contributed by atoms with Crippen LogP contribution in [0.4, 0.5) is 0 Å². The number of hydrogen-bond donors (Lipinski definition) is 1. The van der Waals surface area contributed by atoms with Crippen molar-refractivity contribution < 1.29 is 0 Å². The van der Waals surface area contributed by atoms with Crippen molar-refractivity contribution >= 4 is 0 Å². The molecule has 5 heteroatoms. The highest BCUT2D eigenvalue weighted by Gasteiger charge is 2.16. The lowest BCUT2D eigenvalue weighted by molar-refractivity contribution is 0.627. The van der Waals surface area contributed by atoms with Crippen LogP contribution < -0.4 is 5.32 Å². The minimum absolute atomic E-state index is 0.146. The highest BCUT2D eigenvalue weighted by atomic mass is 15.4. The van der Waals surface area contributed by atoms with Gasteiger partial charge in [0.15, 0.2) is 0 Å². The van der Waals surface area contributed by atoms with Crippen molar-refractivity contribution in [3.8, 4) is 11.8 Å². The molecule has 1 unspecified atom stereocenters. The SMILES string of the molecule is CNC(C)c1nnn(-c2cc(C#N)ccc2C)c1C. The van der Waals surface area contributed by atoms with Crippen LogP contribution in [0.2, 0.25) is 0 Å². The Kier molecular flexibility index (Phi) is 3.63. The summed E-state index contributed by atoms with van der Waals surface area (Å²) in [6.07, 6.45) is 0. The highest BCUT2D eigenvalue weighted by molar-refractivity contribution is 5.47. The van der Waals surface area contributed by atoms with Crippen molar-refractivity contribution in [1.29, 1.82) is 5.26 Å². The van der Waals surface area contributed by atoms with Crippen molar-refractivity contribution in [2.24, 2.45) is 0 Å². The molecule has 5 nitrogen and oxygen atoms in total. The van der Waals surface area contributed by atoms with E-state index in [9.17, 15) is 0 Å². The molecule has 0 fully saturated rings. The Labute approximate surface area is 112 Å². The number of benzene rings is 1. The zero-order chi connectivity index (χ0) is 14.0. The van der Waals surface area contributed by atoms with E-state index in [1.54, 1.807) is 4.68 Å². The summed E-state index contributed by atoms with van der Waals surface area (Å²) in [5.74, 6) is 0. The summed E-state index contributed by atoms with van der Waals surface area (Å²) in [5, 5.41) is 20.6. The van der Waals surface area contributed by atoms with E-state index in [1.165, 1.54) is 0 Å². The normalized spacial score (nSPS) is 12.2. The highest BCUT2D eigenvalue weighted by Crippen LogP contribution is 2.20. The second-order valence-corrected chi connectivity index (χ2v) is 4.60. The van der Waals surface area contributed by atoms with Gasteiger partial charge in [0.25, 0.3) is 0 Å². The third-order valence-corrected chi connectivity index (χ3v) is 3.34.